The second kappa shape index (κ2) is 12.8. The summed E-state index contributed by atoms with van der Waals surface area (Å²) in [6.07, 6.45) is 5.58. The van der Waals surface area contributed by atoms with Crippen LogP contribution in [0.5, 0.6) is 0 Å². The summed E-state index contributed by atoms with van der Waals surface area (Å²) in [6, 6.07) is 0. The van der Waals surface area contributed by atoms with E-state index < -0.39 is 6.29 Å². The Kier molecular flexibility index (Phi) is 12.6. The van der Waals surface area contributed by atoms with Gasteiger partial charge in [0.25, 0.3) is 6.47 Å². The zero-order valence-electron chi connectivity index (χ0n) is 12.3. The van der Waals surface area contributed by atoms with Gasteiger partial charge in [-0.3, -0.25) is 4.79 Å². The van der Waals surface area contributed by atoms with Crippen molar-refractivity contribution in [1.82, 2.24) is 0 Å². The van der Waals surface area contributed by atoms with E-state index in [2.05, 4.69) is 25.5 Å². The zero-order chi connectivity index (χ0) is 14.5. The lowest BCUT2D eigenvalue weighted by atomic mass is 9.89. The summed E-state index contributed by atoms with van der Waals surface area (Å²) in [7, 11) is 0. The number of carbonyl (C=O) groups excluding carboxylic acids is 1. The largest absolute Gasteiger partial charge is 0.465 e. The lowest BCUT2D eigenvalue weighted by molar-refractivity contribution is -0.135. The highest BCUT2D eigenvalue weighted by atomic mass is 32.2. The molecular weight excluding hydrogens is 264 g/mol. The molecule has 114 valence electrons. The van der Waals surface area contributed by atoms with Gasteiger partial charge in [0.2, 0.25) is 0 Å². The number of ether oxygens (including phenoxy) is 2. The van der Waals surface area contributed by atoms with Crippen molar-refractivity contribution >= 4 is 18.2 Å². The van der Waals surface area contributed by atoms with Crippen LogP contribution in [0.2, 0.25) is 0 Å². The monoisotopic (exact) mass is 292 g/mol. The number of rotatable bonds is 2. The first kappa shape index (κ1) is 18.7. The van der Waals surface area contributed by atoms with Crippen molar-refractivity contribution < 1.29 is 19.4 Å². The van der Waals surface area contributed by atoms with E-state index >= 15 is 0 Å². The lowest BCUT2D eigenvalue weighted by Gasteiger charge is -2.24. The average molecular weight is 292 g/mol. The molecule has 0 aromatic carbocycles. The molecule has 4 nitrogen and oxygen atoms in total. The third kappa shape index (κ3) is 11.3. The molecule has 2 aliphatic rings. The molecule has 1 saturated carbocycles. The van der Waals surface area contributed by atoms with Crippen LogP contribution >= 0.6 is 11.8 Å². The summed E-state index contributed by atoms with van der Waals surface area (Å²) in [5, 5.41) is 8.49. The van der Waals surface area contributed by atoms with Crippen molar-refractivity contribution in [3.8, 4) is 0 Å². The molecule has 1 heterocycles. The van der Waals surface area contributed by atoms with E-state index in [4.69, 9.17) is 9.84 Å². The summed E-state index contributed by atoms with van der Waals surface area (Å²) in [5.41, 5.74) is 0. The topological polar surface area (TPSA) is 55.8 Å². The highest BCUT2D eigenvalue weighted by Crippen LogP contribution is 2.24. The van der Waals surface area contributed by atoms with Gasteiger partial charge in [-0.25, -0.2) is 0 Å². The van der Waals surface area contributed by atoms with Gasteiger partial charge in [-0.15, -0.1) is 11.8 Å². The Balaban J connectivity index is 0.000000306. The molecule has 2 fully saturated rings. The number of aliphatic hydroxyl groups excluding tert-OH is 1. The van der Waals surface area contributed by atoms with E-state index in [1.807, 2.05) is 0 Å². The van der Waals surface area contributed by atoms with Gasteiger partial charge in [-0.1, -0.05) is 33.6 Å². The average Bonchev–Trinajstić information content (AvgIpc) is 2.83. The third-order valence-electron chi connectivity index (χ3n) is 2.74. The predicted octanol–water partition coefficient (Wildman–Crippen LogP) is 3.18. The summed E-state index contributed by atoms with van der Waals surface area (Å²) in [4.78, 5) is 9.96. The van der Waals surface area contributed by atoms with E-state index in [9.17, 15) is 4.79 Å². The van der Waals surface area contributed by atoms with Crippen LogP contribution in [0.1, 0.15) is 52.9 Å². The molecular formula is C14H28O4S. The highest BCUT2D eigenvalue weighted by molar-refractivity contribution is 7.99. The van der Waals surface area contributed by atoms with Crippen LogP contribution in [0.4, 0.5) is 0 Å². The summed E-state index contributed by atoms with van der Waals surface area (Å²) in [5.74, 6) is 2.12. The summed E-state index contributed by atoms with van der Waals surface area (Å²) >= 11 is 1.61. The molecule has 5 heteroatoms. The summed E-state index contributed by atoms with van der Waals surface area (Å²) in [6.45, 7) is 7.03. The Labute approximate surface area is 121 Å². The molecule has 1 saturated heterocycles. The molecule has 1 aliphatic heterocycles. The first-order valence-electron chi connectivity index (χ1n) is 7.10. The first-order chi connectivity index (χ1) is 9.13. The fourth-order valence-electron chi connectivity index (χ4n) is 1.90. The van der Waals surface area contributed by atoms with Crippen molar-refractivity contribution in [1.29, 1.82) is 0 Å². The van der Waals surface area contributed by atoms with E-state index in [-0.39, 0.29) is 6.10 Å². The minimum Gasteiger partial charge on any atom is -0.465 e. The van der Waals surface area contributed by atoms with Gasteiger partial charge < -0.3 is 14.6 Å². The van der Waals surface area contributed by atoms with E-state index in [1.165, 1.54) is 19.3 Å². The van der Waals surface area contributed by atoms with Crippen LogP contribution in [0.3, 0.4) is 0 Å². The molecule has 3 atom stereocenters. The molecule has 0 aromatic heterocycles. The van der Waals surface area contributed by atoms with E-state index in [1.54, 1.807) is 11.8 Å². The van der Waals surface area contributed by atoms with Gasteiger partial charge in [0.05, 0.1) is 5.94 Å². The molecule has 3 unspecified atom stereocenters. The molecule has 0 radical (unpaired) electrons. The smallest absolute Gasteiger partial charge is 0.293 e. The van der Waals surface area contributed by atoms with Gasteiger partial charge in [-0.2, -0.15) is 0 Å². The Morgan fingerprint density at radius 3 is 2.47 bits per heavy atom. The van der Waals surface area contributed by atoms with Crippen molar-refractivity contribution in [3.05, 3.63) is 0 Å². The second-order valence-electron chi connectivity index (χ2n) is 4.94. The van der Waals surface area contributed by atoms with Crippen molar-refractivity contribution in [3.63, 3.8) is 0 Å². The molecule has 2 rings (SSSR count). The Morgan fingerprint density at radius 2 is 2.11 bits per heavy atom. The van der Waals surface area contributed by atoms with Crippen LogP contribution in [-0.4, -0.2) is 35.7 Å². The van der Waals surface area contributed by atoms with Crippen LogP contribution in [0.25, 0.3) is 0 Å². The number of carbonyl (C=O) groups is 1. The zero-order valence-corrected chi connectivity index (χ0v) is 13.2. The quantitative estimate of drug-likeness (QED) is 0.792. The molecule has 1 N–H and O–H groups in total. The molecule has 0 amide bonds. The maximum absolute atomic E-state index is 9.96. The van der Waals surface area contributed by atoms with E-state index in [0.717, 1.165) is 24.5 Å². The Morgan fingerprint density at radius 1 is 1.42 bits per heavy atom. The number of hydrogen-bond donors (Lipinski definition) is 1. The number of aliphatic hydroxyl groups is 1. The van der Waals surface area contributed by atoms with Crippen LogP contribution in [0.15, 0.2) is 0 Å². The summed E-state index contributed by atoms with van der Waals surface area (Å²) < 4.78 is 9.54. The fourth-order valence-corrected chi connectivity index (χ4v) is 2.55. The second-order valence-corrected chi connectivity index (χ2v) is 5.92. The van der Waals surface area contributed by atoms with Gasteiger partial charge in [-0.05, 0) is 25.2 Å². The van der Waals surface area contributed by atoms with E-state index in [0.29, 0.717) is 12.4 Å². The van der Waals surface area contributed by atoms with Gasteiger partial charge in [0.1, 0.15) is 6.10 Å². The standard InChI is InChI=1S/C8H14O2.C3H6O2S.C3H8/c1-7-3-2-4-8(5-7)10-6-9;4-3-1-6-2-5-3;1-3-2/h6-8H,2-5H2,1H3;3-4H,1-2H2;3H2,1-2H3. The lowest BCUT2D eigenvalue weighted by Crippen LogP contribution is -2.20. The van der Waals surface area contributed by atoms with Crippen molar-refractivity contribution in [2.75, 3.05) is 11.7 Å². The molecule has 0 bridgehead atoms. The highest BCUT2D eigenvalue weighted by Gasteiger charge is 2.18. The molecule has 0 aromatic rings. The fraction of sp³-hybridized carbons (Fsp3) is 0.929. The minimum atomic E-state index is -0.491. The molecule has 1 aliphatic carbocycles. The maximum Gasteiger partial charge on any atom is 0.293 e. The van der Waals surface area contributed by atoms with Crippen LogP contribution in [0, 0.1) is 5.92 Å². The van der Waals surface area contributed by atoms with Gasteiger partial charge in [0.15, 0.2) is 6.29 Å². The first-order valence-corrected chi connectivity index (χ1v) is 8.25. The number of thioether (sulfide) groups is 1. The number of hydrogen-bond acceptors (Lipinski definition) is 5. The SMILES string of the molecule is CC1CCCC(OC=O)C1.CCC.OC1CSCO1. The molecule has 0 spiro atoms. The molecule has 19 heavy (non-hydrogen) atoms. The van der Waals surface area contributed by atoms with Crippen LogP contribution < -0.4 is 0 Å². The van der Waals surface area contributed by atoms with Gasteiger partial charge >= 0.3 is 0 Å². The van der Waals surface area contributed by atoms with Gasteiger partial charge in [0, 0.05) is 5.75 Å². The van der Waals surface area contributed by atoms with Crippen LogP contribution in [-0.2, 0) is 14.3 Å². The Bertz CT molecular complexity index is 208. The maximum atomic E-state index is 9.96. The Hall–Kier alpha value is -0.260. The third-order valence-corrected chi connectivity index (χ3v) is 3.56. The predicted molar refractivity (Wildman–Crippen MR) is 79.0 cm³/mol. The normalized spacial score (nSPS) is 29.4. The minimum absolute atomic E-state index is 0.209. The van der Waals surface area contributed by atoms with Crippen molar-refractivity contribution in [2.24, 2.45) is 5.92 Å². The van der Waals surface area contributed by atoms with Crippen molar-refractivity contribution in [2.45, 2.75) is 65.3 Å².